The molecule has 110 valence electrons. The highest BCUT2D eigenvalue weighted by molar-refractivity contribution is 5.52. The summed E-state index contributed by atoms with van der Waals surface area (Å²) >= 11 is 0. The Morgan fingerprint density at radius 1 is 1.19 bits per heavy atom. The van der Waals surface area contributed by atoms with Gasteiger partial charge >= 0.3 is 0 Å². The number of hydrogen-bond donors (Lipinski definition) is 2. The van der Waals surface area contributed by atoms with Crippen LogP contribution in [0.5, 0.6) is 0 Å². The Bertz CT molecular complexity index is 580. The average Bonchev–Trinajstić information content (AvgIpc) is 2.53. The minimum atomic E-state index is 0.594. The Morgan fingerprint density at radius 2 is 2.05 bits per heavy atom. The minimum absolute atomic E-state index is 0.594. The summed E-state index contributed by atoms with van der Waals surface area (Å²) in [5.41, 5.74) is 11.2. The van der Waals surface area contributed by atoms with Gasteiger partial charge < -0.3 is 11.1 Å². The van der Waals surface area contributed by atoms with E-state index in [9.17, 15) is 0 Å². The molecule has 3 N–H and O–H groups in total. The molecule has 0 radical (unpaired) electrons. The number of rotatable bonds is 5. The Balaban J connectivity index is 1.45. The van der Waals surface area contributed by atoms with Crippen LogP contribution in [0.15, 0.2) is 42.7 Å². The average molecular weight is 281 g/mol. The van der Waals surface area contributed by atoms with Crippen LogP contribution in [0.4, 0.5) is 5.69 Å². The number of benzene rings is 1. The minimum Gasteiger partial charge on any atom is -0.398 e. The summed E-state index contributed by atoms with van der Waals surface area (Å²) in [5.74, 6) is 0. The van der Waals surface area contributed by atoms with Crippen LogP contribution in [-0.4, -0.2) is 17.6 Å². The number of aromatic nitrogens is 1. The first-order valence-electron chi connectivity index (χ1n) is 7.81. The molecule has 1 unspecified atom stereocenters. The number of nitrogen functional groups attached to an aromatic ring is 1. The van der Waals surface area contributed by atoms with E-state index in [0.29, 0.717) is 6.04 Å². The predicted molar refractivity (Wildman–Crippen MR) is 87.2 cm³/mol. The molecule has 1 aromatic heterocycles. The van der Waals surface area contributed by atoms with Crippen LogP contribution in [0.1, 0.15) is 29.5 Å². The van der Waals surface area contributed by atoms with Gasteiger partial charge in [-0.25, -0.2) is 0 Å². The number of nitrogens with two attached hydrogens (primary N) is 1. The van der Waals surface area contributed by atoms with Gasteiger partial charge in [0.15, 0.2) is 0 Å². The fourth-order valence-electron chi connectivity index (χ4n) is 3.16. The summed E-state index contributed by atoms with van der Waals surface area (Å²) < 4.78 is 0. The number of pyridine rings is 1. The molecular weight excluding hydrogens is 258 g/mol. The monoisotopic (exact) mass is 281 g/mol. The van der Waals surface area contributed by atoms with E-state index in [1.807, 2.05) is 18.5 Å². The zero-order valence-electron chi connectivity index (χ0n) is 12.4. The van der Waals surface area contributed by atoms with Crippen molar-refractivity contribution in [1.82, 2.24) is 10.3 Å². The van der Waals surface area contributed by atoms with Crippen molar-refractivity contribution in [2.75, 3.05) is 12.3 Å². The van der Waals surface area contributed by atoms with Crippen molar-refractivity contribution in [3.8, 4) is 0 Å². The smallest absolute Gasteiger partial charge is 0.0349 e. The second-order valence-corrected chi connectivity index (χ2v) is 5.84. The van der Waals surface area contributed by atoms with Crippen molar-refractivity contribution >= 4 is 5.69 Å². The molecule has 0 bridgehead atoms. The SMILES string of the molecule is Nc1cccc2c1CCC(NCCCc1ccncc1)C2. The lowest BCUT2D eigenvalue weighted by Gasteiger charge is -2.26. The molecule has 21 heavy (non-hydrogen) atoms. The fraction of sp³-hybridized carbons (Fsp3) is 0.389. The van der Waals surface area contributed by atoms with Gasteiger partial charge in [0.1, 0.15) is 0 Å². The predicted octanol–water partition coefficient (Wildman–Crippen LogP) is 2.74. The molecule has 2 aromatic rings. The van der Waals surface area contributed by atoms with Gasteiger partial charge in [-0.3, -0.25) is 4.98 Å². The molecule has 0 fully saturated rings. The van der Waals surface area contributed by atoms with Crippen LogP contribution in [-0.2, 0) is 19.3 Å². The number of fused-ring (bicyclic) bond motifs is 1. The lowest BCUT2D eigenvalue weighted by atomic mass is 9.87. The molecule has 3 rings (SSSR count). The van der Waals surface area contributed by atoms with Crippen LogP contribution in [0.3, 0.4) is 0 Å². The molecule has 0 spiro atoms. The molecule has 1 aromatic carbocycles. The lowest BCUT2D eigenvalue weighted by Crippen LogP contribution is -2.35. The van der Waals surface area contributed by atoms with Gasteiger partial charge in [-0.2, -0.15) is 0 Å². The first kappa shape index (κ1) is 14.1. The molecule has 1 atom stereocenters. The third-order valence-corrected chi connectivity index (χ3v) is 4.34. The standard InChI is InChI=1S/C18H23N3/c19-18-5-1-4-15-13-16(6-7-17(15)18)21-10-2-3-14-8-11-20-12-9-14/h1,4-5,8-9,11-12,16,21H,2-3,6-7,10,13,19H2. The van der Waals surface area contributed by atoms with E-state index in [2.05, 4.69) is 34.6 Å². The largest absolute Gasteiger partial charge is 0.398 e. The van der Waals surface area contributed by atoms with Crippen LogP contribution >= 0.6 is 0 Å². The molecule has 3 heteroatoms. The Labute approximate surface area is 126 Å². The second kappa shape index (κ2) is 6.72. The number of aryl methyl sites for hydroxylation is 1. The topological polar surface area (TPSA) is 50.9 Å². The third kappa shape index (κ3) is 3.61. The molecule has 0 amide bonds. The molecule has 1 heterocycles. The maximum absolute atomic E-state index is 6.05. The molecule has 0 saturated carbocycles. The second-order valence-electron chi connectivity index (χ2n) is 5.84. The van der Waals surface area contributed by atoms with Gasteiger partial charge in [-0.15, -0.1) is 0 Å². The molecule has 3 nitrogen and oxygen atoms in total. The van der Waals surface area contributed by atoms with E-state index in [4.69, 9.17) is 5.73 Å². The summed E-state index contributed by atoms with van der Waals surface area (Å²) in [7, 11) is 0. The maximum atomic E-state index is 6.05. The molecule has 1 aliphatic rings. The summed E-state index contributed by atoms with van der Waals surface area (Å²) in [4.78, 5) is 4.05. The van der Waals surface area contributed by atoms with Gasteiger partial charge in [0.05, 0.1) is 0 Å². The van der Waals surface area contributed by atoms with Gasteiger partial charge in [0.2, 0.25) is 0 Å². The summed E-state index contributed by atoms with van der Waals surface area (Å²) in [5, 5.41) is 3.70. The van der Waals surface area contributed by atoms with Crippen molar-refractivity contribution in [2.45, 2.75) is 38.1 Å². The van der Waals surface area contributed by atoms with E-state index in [1.54, 1.807) is 0 Å². The fourth-order valence-corrected chi connectivity index (χ4v) is 3.16. The Kier molecular flexibility index (Phi) is 4.51. The lowest BCUT2D eigenvalue weighted by molar-refractivity contribution is 0.455. The highest BCUT2D eigenvalue weighted by atomic mass is 14.9. The zero-order chi connectivity index (χ0) is 14.5. The van der Waals surface area contributed by atoms with Crippen molar-refractivity contribution in [1.29, 1.82) is 0 Å². The molecule has 0 aliphatic heterocycles. The summed E-state index contributed by atoms with van der Waals surface area (Å²) in [6.07, 6.45) is 9.42. The van der Waals surface area contributed by atoms with Crippen molar-refractivity contribution < 1.29 is 0 Å². The summed E-state index contributed by atoms with van der Waals surface area (Å²) in [6, 6.07) is 11.1. The first-order chi connectivity index (χ1) is 10.3. The van der Waals surface area contributed by atoms with Gasteiger partial charge in [-0.05, 0) is 73.5 Å². The van der Waals surface area contributed by atoms with Crippen LogP contribution in [0.2, 0.25) is 0 Å². The maximum Gasteiger partial charge on any atom is 0.0349 e. The van der Waals surface area contributed by atoms with Gasteiger partial charge in [0.25, 0.3) is 0 Å². The van der Waals surface area contributed by atoms with E-state index < -0.39 is 0 Å². The summed E-state index contributed by atoms with van der Waals surface area (Å²) in [6.45, 7) is 1.07. The van der Waals surface area contributed by atoms with E-state index in [1.165, 1.54) is 29.5 Å². The highest BCUT2D eigenvalue weighted by Gasteiger charge is 2.19. The van der Waals surface area contributed by atoms with Crippen molar-refractivity contribution in [2.24, 2.45) is 0 Å². The quantitative estimate of drug-likeness (QED) is 0.654. The van der Waals surface area contributed by atoms with Crippen LogP contribution < -0.4 is 11.1 Å². The molecule has 0 saturated heterocycles. The highest BCUT2D eigenvalue weighted by Crippen LogP contribution is 2.26. The number of nitrogens with one attached hydrogen (secondary N) is 1. The first-order valence-corrected chi connectivity index (χ1v) is 7.81. The molecular formula is C18H23N3. The molecule has 1 aliphatic carbocycles. The number of anilines is 1. The van der Waals surface area contributed by atoms with Gasteiger partial charge in [0, 0.05) is 24.1 Å². The Morgan fingerprint density at radius 3 is 2.90 bits per heavy atom. The zero-order valence-corrected chi connectivity index (χ0v) is 12.4. The Hall–Kier alpha value is -1.87. The van der Waals surface area contributed by atoms with Crippen molar-refractivity contribution in [3.05, 3.63) is 59.4 Å². The van der Waals surface area contributed by atoms with E-state index >= 15 is 0 Å². The normalized spacial score (nSPS) is 17.4. The third-order valence-electron chi connectivity index (χ3n) is 4.34. The van der Waals surface area contributed by atoms with Crippen molar-refractivity contribution in [3.63, 3.8) is 0 Å². The van der Waals surface area contributed by atoms with E-state index in [-0.39, 0.29) is 0 Å². The van der Waals surface area contributed by atoms with E-state index in [0.717, 1.165) is 31.5 Å². The van der Waals surface area contributed by atoms with Crippen LogP contribution in [0, 0.1) is 0 Å². The van der Waals surface area contributed by atoms with Gasteiger partial charge in [-0.1, -0.05) is 12.1 Å². The number of nitrogens with zero attached hydrogens (tertiary/aromatic N) is 1. The van der Waals surface area contributed by atoms with Crippen LogP contribution in [0.25, 0.3) is 0 Å². The number of hydrogen-bond acceptors (Lipinski definition) is 3.